The summed E-state index contributed by atoms with van der Waals surface area (Å²) >= 11 is 0. The average Bonchev–Trinajstić information content (AvgIpc) is 2.49. The topological polar surface area (TPSA) is 95.5 Å². The minimum atomic E-state index is -1.04. The molecule has 1 rings (SSSR count). The molecular formula is C16H22N2O4. The summed E-state index contributed by atoms with van der Waals surface area (Å²) in [5.41, 5.74) is 0.567. The lowest BCUT2D eigenvalue weighted by Crippen LogP contribution is -2.44. The summed E-state index contributed by atoms with van der Waals surface area (Å²) < 4.78 is 0. The summed E-state index contributed by atoms with van der Waals surface area (Å²) in [4.78, 5) is 34.4. The van der Waals surface area contributed by atoms with Crippen LogP contribution in [0.5, 0.6) is 0 Å². The van der Waals surface area contributed by atoms with Crippen LogP contribution >= 0.6 is 0 Å². The van der Waals surface area contributed by atoms with Crippen molar-refractivity contribution in [1.82, 2.24) is 10.6 Å². The third-order valence-corrected chi connectivity index (χ3v) is 3.15. The van der Waals surface area contributed by atoms with Gasteiger partial charge in [0.1, 0.15) is 6.04 Å². The Labute approximate surface area is 129 Å². The molecule has 6 nitrogen and oxygen atoms in total. The standard InChI is InChI=1S/C16H22N2O4/c1-11(2)14(16(21)22)18-13(19)9-6-10-17-15(20)12-7-4-3-5-8-12/h3-5,7-8,11,14H,6,9-10H2,1-2H3,(H,17,20)(H,18,19)(H,21,22)/t14-/m1/s1. The van der Waals surface area contributed by atoms with Gasteiger partial charge in [-0.25, -0.2) is 4.79 Å². The number of carbonyl (C=O) groups is 3. The third kappa shape index (κ3) is 5.95. The Balaban J connectivity index is 2.28. The fourth-order valence-electron chi connectivity index (χ4n) is 1.90. The fourth-order valence-corrected chi connectivity index (χ4v) is 1.90. The quantitative estimate of drug-likeness (QED) is 0.633. The highest BCUT2D eigenvalue weighted by atomic mass is 16.4. The Bertz CT molecular complexity index is 514. The second kappa shape index (κ2) is 8.81. The number of nitrogens with one attached hydrogen (secondary N) is 2. The number of rotatable bonds is 8. The summed E-state index contributed by atoms with van der Waals surface area (Å²) in [7, 11) is 0. The zero-order chi connectivity index (χ0) is 16.5. The Morgan fingerprint density at radius 1 is 1.14 bits per heavy atom. The van der Waals surface area contributed by atoms with Crippen LogP contribution < -0.4 is 10.6 Å². The van der Waals surface area contributed by atoms with E-state index in [2.05, 4.69) is 10.6 Å². The van der Waals surface area contributed by atoms with E-state index in [-0.39, 0.29) is 24.2 Å². The Morgan fingerprint density at radius 2 is 1.77 bits per heavy atom. The molecule has 0 fully saturated rings. The molecule has 120 valence electrons. The summed E-state index contributed by atoms with van der Waals surface area (Å²) in [5, 5.41) is 14.2. The summed E-state index contributed by atoms with van der Waals surface area (Å²) in [6.45, 7) is 3.83. The number of carboxylic acid groups (broad SMARTS) is 1. The molecule has 1 aromatic rings. The Hall–Kier alpha value is -2.37. The van der Waals surface area contributed by atoms with Gasteiger partial charge in [-0.15, -0.1) is 0 Å². The SMILES string of the molecule is CC(C)[C@@H](NC(=O)CCCNC(=O)c1ccccc1)C(=O)O. The maximum absolute atomic E-state index is 11.8. The molecule has 22 heavy (non-hydrogen) atoms. The lowest BCUT2D eigenvalue weighted by Gasteiger charge is -2.17. The first-order valence-electron chi connectivity index (χ1n) is 7.27. The van der Waals surface area contributed by atoms with Crippen LogP contribution in [0.4, 0.5) is 0 Å². The van der Waals surface area contributed by atoms with E-state index in [0.717, 1.165) is 0 Å². The monoisotopic (exact) mass is 306 g/mol. The number of carbonyl (C=O) groups excluding carboxylic acids is 2. The zero-order valence-electron chi connectivity index (χ0n) is 12.8. The molecule has 6 heteroatoms. The van der Waals surface area contributed by atoms with Crippen molar-refractivity contribution >= 4 is 17.8 Å². The number of amides is 2. The molecule has 2 amide bonds. The predicted octanol–water partition coefficient (Wildman–Crippen LogP) is 1.42. The summed E-state index contributed by atoms with van der Waals surface area (Å²) in [6.07, 6.45) is 0.625. The van der Waals surface area contributed by atoms with E-state index in [0.29, 0.717) is 18.5 Å². The largest absolute Gasteiger partial charge is 0.480 e. The fraction of sp³-hybridized carbons (Fsp3) is 0.438. The van der Waals surface area contributed by atoms with E-state index in [4.69, 9.17) is 5.11 Å². The highest BCUT2D eigenvalue weighted by Gasteiger charge is 2.22. The zero-order valence-corrected chi connectivity index (χ0v) is 12.8. The van der Waals surface area contributed by atoms with E-state index in [1.165, 1.54) is 0 Å². The maximum atomic E-state index is 11.8. The van der Waals surface area contributed by atoms with Gasteiger partial charge in [0, 0.05) is 18.5 Å². The van der Waals surface area contributed by atoms with Gasteiger partial charge in [-0.3, -0.25) is 9.59 Å². The van der Waals surface area contributed by atoms with E-state index >= 15 is 0 Å². The van der Waals surface area contributed by atoms with E-state index in [1.807, 2.05) is 6.07 Å². The first-order valence-corrected chi connectivity index (χ1v) is 7.27. The molecule has 0 heterocycles. The molecule has 0 saturated carbocycles. The minimum Gasteiger partial charge on any atom is -0.480 e. The van der Waals surface area contributed by atoms with Crippen molar-refractivity contribution in [2.45, 2.75) is 32.7 Å². The van der Waals surface area contributed by atoms with Crippen molar-refractivity contribution in [3.05, 3.63) is 35.9 Å². The van der Waals surface area contributed by atoms with Crippen LogP contribution in [0.25, 0.3) is 0 Å². The number of hydrogen-bond acceptors (Lipinski definition) is 3. The number of benzene rings is 1. The molecule has 3 N–H and O–H groups in total. The van der Waals surface area contributed by atoms with Gasteiger partial charge in [0.15, 0.2) is 0 Å². The smallest absolute Gasteiger partial charge is 0.326 e. The van der Waals surface area contributed by atoms with Crippen molar-refractivity contribution in [2.75, 3.05) is 6.54 Å². The molecular weight excluding hydrogens is 284 g/mol. The first kappa shape index (κ1) is 17.7. The lowest BCUT2D eigenvalue weighted by molar-refractivity contribution is -0.143. The molecule has 1 atom stereocenters. The average molecular weight is 306 g/mol. The molecule has 0 bridgehead atoms. The second-order valence-electron chi connectivity index (χ2n) is 5.35. The number of aliphatic carboxylic acids is 1. The van der Waals surface area contributed by atoms with Gasteiger partial charge in [-0.2, -0.15) is 0 Å². The predicted molar refractivity (Wildman–Crippen MR) is 82.4 cm³/mol. The van der Waals surface area contributed by atoms with Crippen molar-refractivity contribution in [2.24, 2.45) is 5.92 Å². The molecule has 0 unspecified atom stereocenters. The Kier molecular flexibility index (Phi) is 7.08. The second-order valence-corrected chi connectivity index (χ2v) is 5.35. The molecule has 0 aromatic heterocycles. The third-order valence-electron chi connectivity index (χ3n) is 3.15. The van der Waals surface area contributed by atoms with Crippen molar-refractivity contribution in [3.8, 4) is 0 Å². The maximum Gasteiger partial charge on any atom is 0.326 e. The lowest BCUT2D eigenvalue weighted by atomic mass is 10.0. The van der Waals surface area contributed by atoms with Crippen LogP contribution in [0.2, 0.25) is 0 Å². The molecule has 1 aromatic carbocycles. The van der Waals surface area contributed by atoms with Crippen LogP contribution in [0.3, 0.4) is 0 Å². The van der Waals surface area contributed by atoms with Gasteiger partial charge in [-0.1, -0.05) is 32.0 Å². The van der Waals surface area contributed by atoms with Crippen molar-refractivity contribution in [3.63, 3.8) is 0 Å². The van der Waals surface area contributed by atoms with Crippen molar-refractivity contribution in [1.29, 1.82) is 0 Å². The molecule has 0 saturated heterocycles. The first-order chi connectivity index (χ1) is 10.4. The molecule has 0 radical (unpaired) electrons. The number of carboxylic acids is 1. The van der Waals surface area contributed by atoms with Gasteiger partial charge in [0.25, 0.3) is 5.91 Å². The van der Waals surface area contributed by atoms with Crippen LogP contribution in [-0.4, -0.2) is 35.5 Å². The van der Waals surface area contributed by atoms with Crippen LogP contribution in [0, 0.1) is 5.92 Å². The Morgan fingerprint density at radius 3 is 2.32 bits per heavy atom. The van der Waals surface area contributed by atoms with E-state index < -0.39 is 12.0 Å². The minimum absolute atomic E-state index is 0.172. The highest BCUT2D eigenvalue weighted by molar-refractivity contribution is 5.94. The van der Waals surface area contributed by atoms with Gasteiger partial charge in [-0.05, 0) is 24.5 Å². The van der Waals surface area contributed by atoms with Crippen LogP contribution in [-0.2, 0) is 9.59 Å². The van der Waals surface area contributed by atoms with Gasteiger partial charge < -0.3 is 15.7 Å². The summed E-state index contributed by atoms with van der Waals surface area (Å²) in [6, 6.07) is 7.92. The highest BCUT2D eigenvalue weighted by Crippen LogP contribution is 2.03. The number of hydrogen-bond donors (Lipinski definition) is 3. The van der Waals surface area contributed by atoms with Gasteiger partial charge in [0.2, 0.25) is 5.91 Å². The van der Waals surface area contributed by atoms with Crippen LogP contribution in [0.15, 0.2) is 30.3 Å². The van der Waals surface area contributed by atoms with E-state index in [9.17, 15) is 14.4 Å². The van der Waals surface area contributed by atoms with E-state index in [1.54, 1.807) is 38.1 Å². The normalized spacial score (nSPS) is 11.8. The van der Waals surface area contributed by atoms with Gasteiger partial charge in [0.05, 0.1) is 0 Å². The van der Waals surface area contributed by atoms with Crippen LogP contribution in [0.1, 0.15) is 37.0 Å². The van der Waals surface area contributed by atoms with Gasteiger partial charge >= 0.3 is 5.97 Å². The molecule has 0 spiro atoms. The summed E-state index contributed by atoms with van der Waals surface area (Å²) in [5.74, 6) is -1.73. The molecule has 0 aliphatic heterocycles. The molecule has 0 aliphatic rings. The van der Waals surface area contributed by atoms with Crippen molar-refractivity contribution < 1.29 is 19.5 Å². The molecule has 0 aliphatic carbocycles.